The first kappa shape index (κ1) is 20.5. The number of nitrogens with one attached hydrogen (secondary N) is 1. The average Bonchev–Trinajstić information content (AvgIpc) is 3.22. The monoisotopic (exact) mass is 473 g/mol. The van der Waals surface area contributed by atoms with E-state index in [1.807, 2.05) is 30.3 Å². The van der Waals surface area contributed by atoms with E-state index >= 15 is 0 Å². The maximum atomic E-state index is 13.8. The molecule has 0 atom stereocenters. The van der Waals surface area contributed by atoms with Gasteiger partial charge in [-0.2, -0.15) is 0 Å². The summed E-state index contributed by atoms with van der Waals surface area (Å²) in [5, 5.41) is 3.41. The van der Waals surface area contributed by atoms with E-state index in [0.29, 0.717) is 30.2 Å². The minimum Gasteiger partial charge on any atom is -0.493 e. The number of ether oxygens (including phenoxy) is 4. The lowest BCUT2D eigenvalue weighted by Crippen LogP contribution is -2.13. The van der Waals surface area contributed by atoms with Gasteiger partial charge in [0.25, 0.3) is 0 Å². The number of hydrogen-bond acceptors (Lipinski definition) is 5. The largest absolute Gasteiger partial charge is 0.493 e. The summed E-state index contributed by atoms with van der Waals surface area (Å²) in [5.41, 5.74) is 2.61. The van der Waals surface area contributed by atoms with Gasteiger partial charge in [-0.1, -0.05) is 40.2 Å². The Balaban J connectivity index is 1.39. The second kappa shape index (κ2) is 9.36. The van der Waals surface area contributed by atoms with Crippen LogP contribution in [0.4, 0.5) is 4.39 Å². The molecular formula is C23H21BrFNO4. The van der Waals surface area contributed by atoms with Gasteiger partial charge in [0.05, 0.1) is 7.11 Å². The highest BCUT2D eigenvalue weighted by molar-refractivity contribution is 9.10. The predicted molar refractivity (Wildman–Crippen MR) is 115 cm³/mol. The van der Waals surface area contributed by atoms with Crippen molar-refractivity contribution in [2.24, 2.45) is 0 Å². The topological polar surface area (TPSA) is 49.0 Å². The zero-order chi connectivity index (χ0) is 20.9. The summed E-state index contributed by atoms with van der Waals surface area (Å²) >= 11 is 3.59. The summed E-state index contributed by atoms with van der Waals surface area (Å²) < 4.78 is 36.7. The van der Waals surface area contributed by atoms with Crippen molar-refractivity contribution in [2.45, 2.75) is 19.7 Å². The highest BCUT2D eigenvalue weighted by Crippen LogP contribution is 2.35. The lowest BCUT2D eigenvalue weighted by molar-refractivity contribution is 0.174. The Morgan fingerprint density at radius 1 is 0.967 bits per heavy atom. The SMILES string of the molecule is COc1cc(CNCc2ccc3c(c2)OCO3)c(Br)cc1OCc1ccccc1F. The van der Waals surface area contributed by atoms with E-state index in [9.17, 15) is 4.39 Å². The fourth-order valence-corrected chi connectivity index (χ4v) is 3.61. The van der Waals surface area contributed by atoms with Crippen LogP contribution >= 0.6 is 15.9 Å². The van der Waals surface area contributed by atoms with Crippen molar-refractivity contribution in [3.63, 3.8) is 0 Å². The standard InChI is InChI=1S/C23H21BrFNO4/c1-27-21-9-17(12-26-11-15-6-7-20-22(8-15)30-14-29-20)18(24)10-23(21)28-13-16-4-2-3-5-19(16)25/h2-10,26H,11-14H2,1H3. The summed E-state index contributed by atoms with van der Waals surface area (Å²) in [7, 11) is 1.59. The van der Waals surface area contributed by atoms with Crippen molar-refractivity contribution in [1.29, 1.82) is 0 Å². The Kier molecular flexibility index (Phi) is 6.40. The molecule has 0 aliphatic carbocycles. The van der Waals surface area contributed by atoms with Gasteiger partial charge in [0.15, 0.2) is 23.0 Å². The van der Waals surface area contributed by atoms with Gasteiger partial charge in [-0.05, 0) is 41.5 Å². The summed E-state index contributed by atoms with van der Waals surface area (Å²) in [6, 6.07) is 16.2. The van der Waals surface area contributed by atoms with Crippen LogP contribution in [0.5, 0.6) is 23.0 Å². The number of fused-ring (bicyclic) bond motifs is 1. The number of benzene rings is 3. The van der Waals surface area contributed by atoms with Crippen LogP contribution in [0, 0.1) is 5.82 Å². The highest BCUT2D eigenvalue weighted by Gasteiger charge is 2.14. The second-order valence-electron chi connectivity index (χ2n) is 6.77. The van der Waals surface area contributed by atoms with Crippen LogP contribution in [-0.2, 0) is 19.7 Å². The molecule has 0 saturated heterocycles. The zero-order valence-corrected chi connectivity index (χ0v) is 18.0. The zero-order valence-electron chi connectivity index (χ0n) is 16.4. The molecule has 156 valence electrons. The summed E-state index contributed by atoms with van der Waals surface area (Å²) in [5.74, 6) is 2.40. The molecule has 3 aromatic carbocycles. The van der Waals surface area contributed by atoms with Gasteiger partial charge < -0.3 is 24.3 Å². The van der Waals surface area contributed by atoms with E-state index in [1.54, 1.807) is 25.3 Å². The quantitative estimate of drug-likeness (QED) is 0.487. The normalized spacial score (nSPS) is 12.1. The molecule has 1 aliphatic rings. The van der Waals surface area contributed by atoms with Crippen LogP contribution in [-0.4, -0.2) is 13.9 Å². The molecule has 0 radical (unpaired) electrons. The second-order valence-corrected chi connectivity index (χ2v) is 7.62. The summed E-state index contributed by atoms with van der Waals surface area (Å²) in [6.45, 7) is 1.69. The highest BCUT2D eigenvalue weighted by atomic mass is 79.9. The lowest BCUT2D eigenvalue weighted by Gasteiger charge is -2.15. The summed E-state index contributed by atoms with van der Waals surface area (Å²) in [4.78, 5) is 0. The van der Waals surface area contributed by atoms with Crippen LogP contribution in [0.25, 0.3) is 0 Å². The van der Waals surface area contributed by atoms with Crippen LogP contribution in [0.1, 0.15) is 16.7 Å². The average molecular weight is 474 g/mol. The molecule has 4 rings (SSSR count). The lowest BCUT2D eigenvalue weighted by atomic mass is 10.1. The van der Waals surface area contributed by atoms with E-state index in [0.717, 1.165) is 27.1 Å². The molecular weight excluding hydrogens is 453 g/mol. The molecule has 30 heavy (non-hydrogen) atoms. The number of methoxy groups -OCH3 is 1. The van der Waals surface area contributed by atoms with Crippen LogP contribution in [0.3, 0.4) is 0 Å². The van der Waals surface area contributed by atoms with Gasteiger partial charge in [0.2, 0.25) is 6.79 Å². The molecule has 1 aliphatic heterocycles. The van der Waals surface area contributed by atoms with Crippen molar-refractivity contribution in [3.8, 4) is 23.0 Å². The van der Waals surface area contributed by atoms with Gasteiger partial charge in [-0.3, -0.25) is 0 Å². The smallest absolute Gasteiger partial charge is 0.231 e. The maximum absolute atomic E-state index is 13.8. The van der Waals surface area contributed by atoms with Gasteiger partial charge in [-0.25, -0.2) is 4.39 Å². The Morgan fingerprint density at radius 3 is 2.63 bits per heavy atom. The molecule has 0 aromatic heterocycles. The number of halogens is 2. The maximum Gasteiger partial charge on any atom is 0.231 e. The van der Waals surface area contributed by atoms with E-state index in [2.05, 4.69) is 21.2 Å². The number of hydrogen-bond donors (Lipinski definition) is 1. The van der Waals surface area contributed by atoms with Crippen LogP contribution in [0.15, 0.2) is 59.1 Å². The Bertz CT molecular complexity index is 1040. The van der Waals surface area contributed by atoms with Crippen molar-refractivity contribution < 1.29 is 23.3 Å². The third kappa shape index (κ3) is 4.68. The van der Waals surface area contributed by atoms with E-state index in [1.165, 1.54) is 6.07 Å². The predicted octanol–water partition coefficient (Wildman–Crippen LogP) is 5.19. The molecule has 0 amide bonds. The molecule has 0 spiro atoms. The molecule has 1 N–H and O–H groups in total. The summed E-state index contributed by atoms with van der Waals surface area (Å²) in [6.07, 6.45) is 0. The van der Waals surface area contributed by atoms with E-state index in [-0.39, 0.29) is 19.2 Å². The molecule has 5 nitrogen and oxygen atoms in total. The van der Waals surface area contributed by atoms with Crippen LogP contribution in [0.2, 0.25) is 0 Å². The molecule has 0 unspecified atom stereocenters. The van der Waals surface area contributed by atoms with Gasteiger partial charge in [0, 0.05) is 23.1 Å². The fraction of sp³-hybridized carbons (Fsp3) is 0.217. The Labute approximate surface area is 182 Å². The molecule has 1 heterocycles. The Hall–Kier alpha value is -2.77. The fourth-order valence-electron chi connectivity index (χ4n) is 3.15. The third-order valence-corrected chi connectivity index (χ3v) is 5.49. The van der Waals surface area contributed by atoms with Crippen molar-refractivity contribution in [1.82, 2.24) is 5.32 Å². The van der Waals surface area contributed by atoms with Crippen molar-refractivity contribution >= 4 is 15.9 Å². The first-order valence-electron chi connectivity index (χ1n) is 9.46. The molecule has 0 bridgehead atoms. The molecule has 0 fully saturated rings. The van der Waals surface area contributed by atoms with Crippen molar-refractivity contribution in [3.05, 3.63) is 81.6 Å². The minimum absolute atomic E-state index is 0.122. The van der Waals surface area contributed by atoms with Crippen LogP contribution < -0.4 is 24.3 Å². The number of rotatable bonds is 8. The van der Waals surface area contributed by atoms with E-state index in [4.69, 9.17) is 18.9 Å². The van der Waals surface area contributed by atoms with Gasteiger partial charge >= 0.3 is 0 Å². The molecule has 7 heteroatoms. The first-order chi connectivity index (χ1) is 14.6. The minimum atomic E-state index is -0.292. The van der Waals surface area contributed by atoms with Gasteiger partial charge in [0.1, 0.15) is 12.4 Å². The first-order valence-corrected chi connectivity index (χ1v) is 10.2. The van der Waals surface area contributed by atoms with Gasteiger partial charge in [-0.15, -0.1) is 0 Å². The molecule has 3 aromatic rings. The third-order valence-electron chi connectivity index (χ3n) is 4.76. The Morgan fingerprint density at radius 2 is 1.80 bits per heavy atom. The van der Waals surface area contributed by atoms with Crippen molar-refractivity contribution in [2.75, 3.05) is 13.9 Å². The molecule has 0 saturated carbocycles. The van der Waals surface area contributed by atoms with E-state index < -0.39 is 0 Å².